The number of para-hydroxylation sites is 1. The Bertz CT molecular complexity index is 799. The summed E-state index contributed by atoms with van der Waals surface area (Å²) >= 11 is 1.47. The van der Waals surface area contributed by atoms with Crippen LogP contribution in [0.1, 0.15) is 0 Å². The van der Waals surface area contributed by atoms with E-state index in [0.717, 1.165) is 9.83 Å². The van der Waals surface area contributed by atoms with Crippen molar-refractivity contribution in [1.29, 1.82) is 0 Å². The van der Waals surface area contributed by atoms with E-state index in [-0.39, 0.29) is 17.5 Å². The summed E-state index contributed by atoms with van der Waals surface area (Å²) in [6.45, 7) is 3.31. The van der Waals surface area contributed by atoms with Crippen LogP contribution in [-0.4, -0.2) is 55.2 Å². The third kappa shape index (κ3) is 2.77. The number of hydrogen-bond acceptors (Lipinski definition) is 6. The topological polar surface area (TPSA) is 54.9 Å². The maximum absolute atomic E-state index is 13.8. The smallest absolute Gasteiger partial charge is 0.292 e. The van der Waals surface area contributed by atoms with Crippen molar-refractivity contribution in [2.24, 2.45) is 0 Å². The number of piperazine rings is 1. The summed E-state index contributed by atoms with van der Waals surface area (Å²) in [5.74, 6) is -0.188. The SMILES string of the molecule is O=C(C1=COCCO1)N1CCN(c2nc3c(F)cccc3s2)CC1. The number of aromatic nitrogens is 1. The van der Waals surface area contributed by atoms with E-state index >= 15 is 0 Å². The van der Waals surface area contributed by atoms with Crippen LogP contribution in [0, 0.1) is 5.82 Å². The van der Waals surface area contributed by atoms with Crippen molar-refractivity contribution in [2.75, 3.05) is 44.3 Å². The normalized spacial score (nSPS) is 18.1. The predicted molar refractivity (Wildman–Crippen MR) is 88.4 cm³/mol. The Morgan fingerprint density at radius 2 is 2.04 bits per heavy atom. The second-order valence-corrected chi connectivity index (χ2v) is 6.57. The highest BCUT2D eigenvalue weighted by Gasteiger charge is 2.27. The quantitative estimate of drug-likeness (QED) is 0.830. The van der Waals surface area contributed by atoms with Crippen molar-refractivity contribution in [3.05, 3.63) is 36.0 Å². The van der Waals surface area contributed by atoms with Gasteiger partial charge in [0.15, 0.2) is 5.13 Å². The van der Waals surface area contributed by atoms with Crippen LogP contribution in [0.25, 0.3) is 10.2 Å². The number of ether oxygens (including phenoxy) is 2. The number of carbonyl (C=O) groups excluding carboxylic acids is 1. The van der Waals surface area contributed by atoms with Gasteiger partial charge in [0.1, 0.15) is 30.8 Å². The average molecular weight is 349 g/mol. The fourth-order valence-corrected chi connectivity index (χ4v) is 3.81. The molecule has 6 nitrogen and oxygen atoms in total. The molecule has 0 atom stereocenters. The largest absolute Gasteiger partial charge is 0.494 e. The Hall–Kier alpha value is -2.35. The Labute approximate surface area is 142 Å². The molecule has 2 aromatic rings. The number of halogens is 1. The summed E-state index contributed by atoms with van der Waals surface area (Å²) in [7, 11) is 0. The van der Waals surface area contributed by atoms with Crippen LogP contribution in [0.4, 0.5) is 9.52 Å². The number of amides is 1. The molecule has 4 rings (SSSR count). The Balaban J connectivity index is 1.44. The summed E-state index contributed by atoms with van der Waals surface area (Å²) in [5, 5.41) is 0.790. The fourth-order valence-electron chi connectivity index (χ4n) is 2.78. The number of hydrogen-bond donors (Lipinski definition) is 0. The average Bonchev–Trinajstić information content (AvgIpc) is 3.08. The fraction of sp³-hybridized carbons (Fsp3) is 0.375. The molecule has 1 aromatic carbocycles. The lowest BCUT2D eigenvalue weighted by Gasteiger charge is -2.35. The number of anilines is 1. The van der Waals surface area contributed by atoms with E-state index < -0.39 is 0 Å². The molecular weight excluding hydrogens is 333 g/mol. The highest BCUT2D eigenvalue weighted by Crippen LogP contribution is 2.30. The van der Waals surface area contributed by atoms with Crippen LogP contribution in [0.5, 0.6) is 0 Å². The van der Waals surface area contributed by atoms with Crippen molar-refractivity contribution in [1.82, 2.24) is 9.88 Å². The summed E-state index contributed by atoms with van der Waals surface area (Å²) < 4.78 is 25.1. The minimum Gasteiger partial charge on any atom is -0.494 e. The van der Waals surface area contributed by atoms with Gasteiger partial charge in [0.25, 0.3) is 5.91 Å². The number of carbonyl (C=O) groups is 1. The minimum absolute atomic E-state index is 0.148. The number of nitrogens with zero attached hydrogens (tertiary/aromatic N) is 3. The van der Waals surface area contributed by atoms with Gasteiger partial charge in [-0.1, -0.05) is 17.4 Å². The van der Waals surface area contributed by atoms with E-state index in [2.05, 4.69) is 9.88 Å². The molecule has 24 heavy (non-hydrogen) atoms. The van der Waals surface area contributed by atoms with Crippen molar-refractivity contribution in [3.8, 4) is 0 Å². The first-order valence-electron chi connectivity index (χ1n) is 7.76. The molecule has 1 saturated heterocycles. The van der Waals surface area contributed by atoms with E-state index in [1.54, 1.807) is 11.0 Å². The van der Waals surface area contributed by atoms with Crippen molar-refractivity contribution in [3.63, 3.8) is 0 Å². The van der Waals surface area contributed by atoms with Crippen LogP contribution in [0.3, 0.4) is 0 Å². The van der Waals surface area contributed by atoms with Gasteiger partial charge in [0, 0.05) is 26.2 Å². The molecule has 0 spiro atoms. The van der Waals surface area contributed by atoms with Gasteiger partial charge in [-0.25, -0.2) is 9.37 Å². The number of thiazole rings is 1. The minimum atomic E-state index is -0.301. The van der Waals surface area contributed by atoms with E-state index in [4.69, 9.17) is 9.47 Å². The molecule has 1 aromatic heterocycles. The second kappa shape index (κ2) is 6.27. The lowest BCUT2D eigenvalue weighted by Crippen LogP contribution is -2.49. The van der Waals surface area contributed by atoms with Gasteiger partial charge < -0.3 is 19.3 Å². The van der Waals surface area contributed by atoms with E-state index in [9.17, 15) is 9.18 Å². The Morgan fingerprint density at radius 3 is 2.75 bits per heavy atom. The third-order valence-corrected chi connectivity index (χ3v) is 5.14. The molecule has 0 unspecified atom stereocenters. The van der Waals surface area contributed by atoms with Gasteiger partial charge >= 0.3 is 0 Å². The molecule has 0 radical (unpaired) electrons. The van der Waals surface area contributed by atoms with E-state index in [1.807, 2.05) is 6.07 Å². The molecule has 0 aliphatic carbocycles. The first-order chi connectivity index (χ1) is 11.7. The molecule has 1 fully saturated rings. The van der Waals surface area contributed by atoms with Crippen molar-refractivity contribution < 1.29 is 18.7 Å². The molecule has 1 amide bonds. The first-order valence-corrected chi connectivity index (χ1v) is 8.58. The zero-order valence-corrected chi connectivity index (χ0v) is 13.7. The predicted octanol–water partition coefficient (Wildman–Crippen LogP) is 1.97. The van der Waals surface area contributed by atoms with Gasteiger partial charge in [-0.3, -0.25) is 4.79 Å². The monoisotopic (exact) mass is 349 g/mol. The van der Waals surface area contributed by atoms with Gasteiger partial charge in [-0.05, 0) is 12.1 Å². The van der Waals surface area contributed by atoms with Crippen molar-refractivity contribution in [2.45, 2.75) is 0 Å². The number of benzene rings is 1. The van der Waals surface area contributed by atoms with Crippen LogP contribution >= 0.6 is 11.3 Å². The Kier molecular flexibility index (Phi) is 3.97. The molecule has 0 bridgehead atoms. The molecule has 2 aliphatic heterocycles. The van der Waals surface area contributed by atoms with Crippen LogP contribution in [-0.2, 0) is 14.3 Å². The third-order valence-electron chi connectivity index (χ3n) is 4.06. The van der Waals surface area contributed by atoms with Crippen LogP contribution < -0.4 is 4.90 Å². The van der Waals surface area contributed by atoms with E-state index in [0.29, 0.717) is 44.9 Å². The van der Waals surface area contributed by atoms with E-state index in [1.165, 1.54) is 23.7 Å². The maximum atomic E-state index is 13.8. The molecule has 126 valence electrons. The molecule has 3 heterocycles. The molecule has 2 aliphatic rings. The second-order valence-electron chi connectivity index (χ2n) is 5.56. The molecular formula is C16H16FN3O3S. The lowest BCUT2D eigenvalue weighted by atomic mass is 10.3. The maximum Gasteiger partial charge on any atom is 0.292 e. The zero-order valence-electron chi connectivity index (χ0n) is 12.9. The highest BCUT2D eigenvalue weighted by molar-refractivity contribution is 7.22. The van der Waals surface area contributed by atoms with Gasteiger partial charge in [0.05, 0.1) is 4.70 Å². The Morgan fingerprint density at radius 1 is 1.21 bits per heavy atom. The number of fused-ring (bicyclic) bond motifs is 1. The first kappa shape index (κ1) is 15.2. The highest BCUT2D eigenvalue weighted by atomic mass is 32.1. The summed E-state index contributed by atoms with van der Waals surface area (Å²) in [4.78, 5) is 20.6. The van der Waals surface area contributed by atoms with Gasteiger partial charge in [-0.15, -0.1) is 0 Å². The molecule has 8 heteroatoms. The molecule has 0 saturated carbocycles. The summed E-state index contributed by atoms with van der Waals surface area (Å²) in [6.07, 6.45) is 1.38. The zero-order chi connectivity index (χ0) is 16.5. The summed E-state index contributed by atoms with van der Waals surface area (Å²) in [6, 6.07) is 4.98. The van der Waals surface area contributed by atoms with Crippen LogP contribution in [0.2, 0.25) is 0 Å². The lowest BCUT2D eigenvalue weighted by molar-refractivity contribution is -0.132. The molecule has 0 N–H and O–H groups in total. The number of rotatable bonds is 2. The standard InChI is InChI=1S/C16H16FN3O3S/c17-11-2-1-3-13-14(11)18-16(24-13)20-6-4-19(5-7-20)15(21)12-10-22-8-9-23-12/h1-3,10H,4-9H2. The summed E-state index contributed by atoms with van der Waals surface area (Å²) in [5.41, 5.74) is 0.411. The van der Waals surface area contributed by atoms with Gasteiger partial charge in [-0.2, -0.15) is 0 Å². The van der Waals surface area contributed by atoms with Crippen LogP contribution in [0.15, 0.2) is 30.2 Å². The van der Waals surface area contributed by atoms with Crippen molar-refractivity contribution >= 4 is 32.6 Å². The van der Waals surface area contributed by atoms with Gasteiger partial charge in [0.2, 0.25) is 5.76 Å².